The summed E-state index contributed by atoms with van der Waals surface area (Å²) >= 11 is 0. The Morgan fingerprint density at radius 3 is 2.17 bits per heavy atom. The van der Waals surface area contributed by atoms with Gasteiger partial charge in [0.15, 0.2) is 0 Å². The van der Waals surface area contributed by atoms with Gasteiger partial charge in [-0.2, -0.15) is 0 Å². The fraction of sp³-hybridized carbons (Fsp3) is 0.464. The van der Waals surface area contributed by atoms with Gasteiger partial charge in [-0.25, -0.2) is 4.79 Å². The molecule has 2 amide bonds. The van der Waals surface area contributed by atoms with E-state index in [9.17, 15) is 19.5 Å². The topological polar surface area (TPSA) is 105 Å². The molecule has 4 atom stereocenters. The molecule has 5 rings (SSSR count). The van der Waals surface area contributed by atoms with Crippen LogP contribution >= 0.6 is 0 Å². The molecule has 7 nitrogen and oxygen atoms in total. The maximum absolute atomic E-state index is 12.9. The van der Waals surface area contributed by atoms with Gasteiger partial charge < -0.3 is 20.5 Å². The predicted molar refractivity (Wildman–Crippen MR) is 131 cm³/mol. The van der Waals surface area contributed by atoms with Crippen LogP contribution in [0.3, 0.4) is 0 Å². The van der Waals surface area contributed by atoms with Crippen molar-refractivity contribution in [2.75, 3.05) is 13.2 Å². The second-order valence-corrected chi connectivity index (χ2v) is 9.99. The molecule has 184 valence electrons. The lowest BCUT2D eigenvalue weighted by Gasteiger charge is -2.23. The van der Waals surface area contributed by atoms with Crippen LogP contribution in [0.2, 0.25) is 0 Å². The van der Waals surface area contributed by atoms with Crippen molar-refractivity contribution in [1.29, 1.82) is 0 Å². The van der Waals surface area contributed by atoms with Gasteiger partial charge in [-0.15, -0.1) is 0 Å². The molecule has 3 aliphatic carbocycles. The van der Waals surface area contributed by atoms with E-state index in [0.29, 0.717) is 19.4 Å². The van der Waals surface area contributed by atoms with Gasteiger partial charge in [0, 0.05) is 18.5 Å². The van der Waals surface area contributed by atoms with Crippen LogP contribution in [0.25, 0.3) is 11.1 Å². The van der Waals surface area contributed by atoms with Gasteiger partial charge in [0.25, 0.3) is 0 Å². The molecule has 2 aromatic rings. The van der Waals surface area contributed by atoms with Crippen LogP contribution in [0.5, 0.6) is 0 Å². The highest BCUT2D eigenvalue weighted by atomic mass is 16.5. The number of aliphatic carboxylic acids is 1. The van der Waals surface area contributed by atoms with E-state index in [1.807, 2.05) is 24.3 Å². The number of carboxylic acid groups (broad SMARTS) is 1. The Labute approximate surface area is 205 Å². The van der Waals surface area contributed by atoms with Crippen molar-refractivity contribution < 1.29 is 24.2 Å². The lowest BCUT2D eigenvalue weighted by atomic mass is 9.95. The third kappa shape index (κ3) is 4.77. The molecule has 2 unspecified atom stereocenters. The first kappa shape index (κ1) is 23.4. The number of fused-ring (bicyclic) bond motifs is 3. The average molecular weight is 477 g/mol. The molecule has 7 heteroatoms. The number of hydrogen-bond acceptors (Lipinski definition) is 4. The second kappa shape index (κ2) is 10.1. The number of carboxylic acids is 1. The minimum Gasteiger partial charge on any atom is -0.481 e. The van der Waals surface area contributed by atoms with Gasteiger partial charge in [0.05, 0.1) is 11.8 Å². The monoisotopic (exact) mass is 476 g/mol. The van der Waals surface area contributed by atoms with Crippen molar-refractivity contribution in [3.63, 3.8) is 0 Å². The van der Waals surface area contributed by atoms with E-state index < -0.39 is 12.1 Å². The van der Waals surface area contributed by atoms with E-state index in [0.717, 1.165) is 36.8 Å². The molecular formula is C28H32N2O5. The molecule has 3 aliphatic rings. The number of carbonyl (C=O) groups excluding carboxylic acids is 2. The highest BCUT2D eigenvalue weighted by molar-refractivity contribution is 5.81. The molecule has 35 heavy (non-hydrogen) atoms. The number of hydrogen-bond donors (Lipinski definition) is 3. The Kier molecular flexibility index (Phi) is 6.75. The smallest absolute Gasteiger partial charge is 0.407 e. The summed E-state index contributed by atoms with van der Waals surface area (Å²) in [6.45, 7) is 0.617. The summed E-state index contributed by atoms with van der Waals surface area (Å²) < 4.78 is 5.66. The first-order chi connectivity index (χ1) is 17.0. The van der Waals surface area contributed by atoms with Gasteiger partial charge >= 0.3 is 12.1 Å². The Balaban J connectivity index is 1.15. The Morgan fingerprint density at radius 2 is 1.49 bits per heavy atom. The fourth-order valence-electron chi connectivity index (χ4n) is 6.21. The highest BCUT2D eigenvalue weighted by Crippen LogP contribution is 2.44. The zero-order chi connectivity index (χ0) is 24.4. The van der Waals surface area contributed by atoms with Crippen LogP contribution in [0.15, 0.2) is 48.5 Å². The maximum Gasteiger partial charge on any atom is 0.407 e. The number of ether oxygens (including phenoxy) is 1. The molecule has 0 radical (unpaired) electrons. The molecule has 0 aliphatic heterocycles. The summed E-state index contributed by atoms with van der Waals surface area (Å²) in [7, 11) is 0. The van der Waals surface area contributed by atoms with Crippen molar-refractivity contribution in [1.82, 2.24) is 10.6 Å². The minimum atomic E-state index is -0.780. The molecule has 0 spiro atoms. The number of rotatable bonds is 7. The molecule has 0 aromatic heterocycles. The fourth-order valence-corrected chi connectivity index (χ4v) is 6.21. The van der Waals surface area contributed by atoms with Crippen molar-refractivity contribution >= 4 is 18.0 Å². The molecule has 2 aromatic carbocycles. The first-order valence-corrected chi connectivity index (χ1v) is 12.6. The Morgan fingerprint density at radius 1 is 0.857 bits per heavy atom. The Bertz CT molecular complexity index is 1070. The summed E-state index contributed by atoms with van der Waals surface area (Å²) in [5.74, 6) is -1.62. The van der Waals surface area contributed by atoms with Crippen molar-refractivity contribution in [2.24, 2.45) is 17.8 Å². The standard InChI is InChI=1S/C28H32N2O5/c31-26(29-15-17-7-5-12-18(17)27(32)33)23-13-6-14-25(23)30-28(34)35-16-24-21-10-3-1-8-19(21)20-9-2-4-11-22(20)24/h1-4,8-11,17-18,23-25H,5-7,12-16H2,(H,29,31)(H,30,34)(H,32,33)/t17?,18?,23-,25+/m0/s1. The van der Waals surface area contributed by atoms with Gasteiger partial charge in [-0.05, 0) is 53.9 Å². The van der Waals surface area contributed by atoms with E-state index in [2.05, 4.69) is 34.9 Å². The average Bonchev–Trinajstić information content (AvgIpc) is 3.59. The lowest BCUT2D eigenvalue weighted by molar-refractivity contribution is -0.143. The van der Waals surface area contributed by atoms with Gasteiger partial charge in [0.2, 0.25) is 5.91 Å². The van der Waals surface area contributed by atoms with Crippen molar-refractivity contribution in [3.8, 4) is 11.1 Å². The van der Waals surface area contributed by atoms with E-state index >= 15 is 0 Å². The zero-order valence-corrected chi connectivity index (χ0v) is 19.7. The molecule has 0 bridgehead atoms. The first-order valence-electron chi connectivity index (χ1n) is 12.6. The summed E-state index contributed by atoms with van der Waals surface area (Å²) in [5.41, 5.74) is 4.67. The predicted octanol–water partition coefficient (Wildman–Crippen LogP) is 4.31. The molecule has 0 saturated heterocycles. The maximum atomic E-state index is 12.9. The van der Waals surface area contributed by atoms with E-state index in [1.165, 1.54) is 11.1 Å². The number of carbonyl (C=O) groups is 3. The van der Waals surface area contributed by atoms with Crippen LogP contribution in [0.1, 0.15) is 55.6 Å². The van der Waals surface area contributed by atoms with E-state index in [4.69, 9.17) is 4.74 Å². The number of nitrogens with one attached hydrogen (secondary N) is 2. The third-order valence-electron chi connectivity index (χ3n) is 8.01. The molecular weight excluding hydrogens is 444 g/mol. The lowest BCUT2D eigenvalue weighted by Crippen LogP contribution is -2.45. The molecule has 2 fully saturated rings. The highest BCUT2D eigenvalue weighted by Gasteiger charge is 2.37. The van der Waals surface area contributed by atoms with Crippen molar-refractivity contribution in [2.45, 2.75) is 50.5 Å². The number of benzene rings is 2. The van der Waals surface area contributed by atoms with E-state index in [-0.39, 0.29) is 42.2 Å². The third-order valence-corrected chi connectivity index (χ3v) is 8.01. The van der Waals surface area contributed by atoms with Gasteiger partial charge in [-0.1, -0.05) is 61.4 Å². The number of amides is 2. The van der Waals surface area contributed by atoms with Crippen LogP contribution < -0.4 is 10.6 Å². The van der Waals surface area contributed by atoms with Crippen LogP contribution in [0, 0.1) is 17.8 Å². The minimum absolute atomic E-state index is 0.00980. The van der Waals surface area contributed by atoms with Gasteiger partial charge in [0.1, 0.15) is 6.61 Å². The summed E-state index contributed by atoms with van der Waals surface area (Å²) in [6, 6.07) is 16.1. The molecule has 2 saturated carbocycles. The molecule has 3 N–H and O–H groups in total. The number of alkyl carbamates (subject to hydrolysis) is 1. The van der Waals surface area contributed by atoms with Crippen LogP contribution in [0.4, 0.5) is 4.79 Å². The van der Waals surface area contributed by atoms with Gasteiger partial charge in [-0.3, -0.25) is 9.59 Å². The Hall–Kier alpha value is -3.35. The summed E-state index contributed by atoms with van der Waals surface area (Å²) in [6.07, 6.45) is 4.16. The molecule has 0 heterocycles. The van der Waals surface area contributed by atoms with Crippen LogP contribution in [-0.2, 0) is 14.3 Å². The quantitative estimate of drug-likeness (QED) is 0.552. The SMILES string of the molecule is O=C(N[C@@H]1CCC[C@@H]1C(=O)NCC1CCCC1C(=O)O)OCC1c2ccccc2-c2ccccc21. The normalized spacial score (nSPS) is 25.0. The van der Waals surface area contributed by atoms with E-state index in [1.54, 1.807) is 0 Å². The summed E-state index contributed by atoms with van der Waals surface area (Å²) in [4.78, 5) is 37.0. The van der Waals surface area contributed by atoms with Crippen molar-refractivity contribution in [3.05, 3.63) is 59.7 Å². The largest absolute Gasteiger partial charge is 0.481 e. The zero-order valence-electron chi connectivity index (χ0n) is 19.7. The second-order valence-electron chi connectivity index (χ2n) is 9.99. The summed E-state index contributed by atoms with van der Waals surface area (Å²) in [5, 5.41) is 15.2. The van der Waals surface area contributed by atoms with Crippen LogP contribution in [-0.4, -0.2) is 42.3 Å².